The Hall–Kier alpha value is -2.35. The Morgan fingerprint density at radius 1 is 1.21 bits per heavy atom. The van der Waals surface area contributed by atoms with Gasteiger partial charge in [-0.2, -0.15) is 0 Å². The van der Waals surface area contributed by atoms with E-state index in [1.165, 1.54) is 18.3 Å². The minimum absolute atomic E-state index is 0.0885. The normalized spacial score (nSPS) is 10.8. The molecular formula is C17H18FNO5. The van der Waals surface area contributed by atoms with E-state index in [-0.39, 0.29) is 23.7 Å². The maximum Gasteiger partial charge on any atom is 0.210 e. The number of rotatable bonds is 8. The van der Waals surface area contributed by atoms with Gasteiger partial charge in [0.2, 0.25) is 5.78 Å². The maximum atomic E-state index is 12.8. The highest BCUT2D eigenvalue weighted by molar-refractivity contribution is 5.97. The number of hydrogen-bond donors (Lipinski definition) is 3. The molecule has 0 amide bonds. The summed E-state index contributed by atoms with van der Waals surface area (Å²) in [5.41, 5.74) is 1.23. The van der Waals surface area contributed by atoms with Crippen molar-refractivity contribution in [1.29, 1.82) is 0 Å². The molecule has 0 aliphatic heterocycles. The topological polar surface area (TPSA) is 99.9 Å². The van der Waals surface area contributed by atoms with E-state index in [4.69, 9.17) is 9.84 Å². The number of benzene rings is 1. The van der Waals surface area contributed by atoms with E-state index in [0.717, 1.165) is 5.56 Å². The smallest absolute Gasteiger partial charge is 0.210 e. The first-order chi connectivity index (χ1) is 11.6. The largest absolute Gasteiger partial charge is 0.505 e. The lowest BCUT2D eigenvalue weighted by Gasteiger charge is -2.12. The van der Waals surface area contributed by atoms with Gasteiger partial charge in [-0.25, -0.2) is 9.37 Å². The zero-order valence-electron chi connectivity index (χ0n) is 12.9. The molecule has 24 heavy (non-hydrogen) atoms. The average molecular weight is 335 g/mol. The molecule has 0 radical (unpaired) electrons. The number of ether oxygens (including phenoxy) is 1. The van der Waals surface area contributed by atoms with E-state index >= 15 is 0 Å². The Labute approximate surface area is 138 Å². The molecule has 0 spiro atoms. The predicted octanol–water partition coefficient (Wildman–Crippen LogP) is 1.35. The highest BCUT2D eigenvalue weighted by Crippen LogP contribution is 2.25. The van der Waals surface area contributed by atoms with Crippen molar-refractivity contribution in [3.8, 4) is 5.75 Å². The number of aliphatic hydroxyl groups is 2. The molecule has 0 unspecified atom stereocenters. The number of carbonyl (C=O) groups excluding carboxylic acids is 1. The number of halogens is 1. The van der Waals surface area contributed by atoms with Crippen molar-refractivity contribution in [2.45, 2.75) is 19.6 Å². The summed E-state index contributed by atoms with van der Waals surface area (Å²) in [4.78, 5) is 15.3. The van der Waals surface area contributed by atoms with E-state index < -0.39 is 24.7 Å². The molecule has 0 aliphatic rings. The van der Waals surface area contributed by atoms with Crippen LogP contribution in [0.4, 0.5) is 4.39 Å². The van der Waals surface area contributed by atoms with Crippen LogP contribution in [0.5, 0.6) is 5.75 Å². The van der Waals surface area contributed by atoms with Crippen LogP contribution in [0.2, 0.25) is 0 Å². The summed E-state index contributed by atoms with van der Waals surface area (Å²) in [7, 11) is 0. The van der Waals surface area contributed by atoms with Crippen molar-refractivity contribution in [2.75, 3.05) is 13.2 Å². The Morgan fingerprint density at radius 2 is 1.92 bits per heavy atom. The lowest BCUT2D eigenvalue weighted by molar-refractivity contribution is 0.0894. The summed E-state index contributed by atoms with van der Waals surface area (Å²) in [6.07, 6.45) is 1.90. The van der Waals surface area contributed by atoms with Gasteiger partial charge in [0, 0.05) is 17.3 Å². The van der Waals surface area contributed by atoms with Gasteiger partial charge in [0.15, 0.2) is 11.4 Å². The molecule has 0 saturated carbocycles. The second-order valence-electron chi connectivity index (χ2n) is 5.13. The van der Waals surface area contributed by atoms with Crippen LogP contribution in [0.1, 0.15) is 27.2 Å². The Kier molecular flexibility index (Phi) is 6.36. The Balaban J connectivity index is 1.98. The Morgan fingerprint density at radius 3 is 2.54 bits per heavy atom. The van der Waals surface area contributed by atoms with E-state index in [1.54, 1.807) is 12.1 Å². The van der Waals surface area contributed by atoms with E-state index in [1.807, 2.05) is 0 Å². The number of pyridine rings is 1. The van der Waals surface area contributed by atoms with Gasteiger partial charge < -0.3 is 20.1 Å². The lowest BCUT2D eigenvalue weighted by Crippen LogP contribution is -2.11. The molecule has 2 aromatic rings. The molecule has 128 valence electrons. The molecule has 0 saturated heterocycles. The van der Waals surface area contributed by atoms with E-state index in [9.17, 15) is 19.4 Å². The SMILES string of the molecule is O=C(CO)c1ncc(COCCc2ccc(F)cc2)c(CO)c1O. The number of aromatic nitrogens is 1. The van der Waals surface area contributed by atoms with Crippen molar-refractivity contribution in [1.82, 2.24) is 4.98 Å². The van der Waals surface area contributed by atoms with Crippen LogP contribution in [0.25, 0.3) is 0 Å². The van der Waals surface area contributed by atoms with E-state index in [0.29, 0.717) is 18.6 Å². The monoisotopic (exact) mass is 335 g/mol. The second-order valence-corrected chi connectivity index (χ2v) is 5.13. The second kappa shape index (κ2) is 8.49. The number of aliphatic hydroxyl groups excluding tert-OH is 2. The van der Waals surface area contributed by atoms with Gasteiger partial charge >= 0.3 is 0 Å². The standard InChI is InChI=1S/C17H18FNO5/c18-13-3-1-11(2-4-13)5-6-24-10-12-7-19-16(15(22)9-21)17(23)14(12)8-20/h1-4,7,20-21,23H,5-6,8-10H2. The van der Waals surface area contributed by atoms with Crippen LogP contribution in [-0.4, -0.2) is 39.3 Å². The predicted molar refractivity (Wildman–Crippen MR) is 83.0 cm³/mol. The Bertz CT molecular complexity index is 703. The van der Waals surface area contributed by atoms with Crippen LogP contribution < -0.4 is 0 Å². The van der Waals surface area contributed by atoms with Crippen molar-refractivity contribution < 1.29 is 29.2 Å². The molecule has 7 heteroatoms. The summed E-state index contributed by atoms with van der Waals surface area (Å²) in [6, 6.07) is 6.08. The fraction of sp³-hybridized carbons (Fsp3) is 0.294. The number of Topliss-reactive ketones (excluding diaryl/α,β-unsaturated/α-hetero) is 1. The molecule has 0 fully saturated rings. The van der Waals surface area contributed by atoms with Gasteiger partial charge in [0.25, 0.3) is 0 Å². The third kappa shape index (κ3) is 4.35. The number of ketones is 1. The highest BCUT2D eigenvalue weighted by atomic mass is 19.1. The molecule has 1 aromatic heterocycles. The van der Waals surface area contributed by atoms with Gasteiger partial charge in [0.1, 0.15) is 12.4 Å². The molecule has 3 N–H and O–H groups in total. The first-order valence-electron chi connectivity index (χ1n) is 7.33. The third-order valence-corrected chi connectivity index (χ3v) is 3.52. The third-order valence-electron chi connectivity index (χ3n) is 3.52. The number of nitrogens with zero attached hydrogens (tertiary/aromatic N) is 1. The van der Waals surface area contributed by atoms with Gasteiger partial charge in [-0.05, 0) is 24.1 Å². The molecule has 2 rings (SSSR count). The zero-order valence-corrected chi connectivity index (χ0v) is 12.9. The summed E-state index contributed by atoms with van der Waals surface area (Å²) < 4.78 is 18.3. The summed E-state index contributed by atoms with van der Waals surface area (Å²) >= 11 is 0. The maximum absolute atomic E-state index is 12.8. The zero-order chi connectivity index (χ0) is 17.5. The van der Waals surface area contributed by atoms with Crippen LogP contribution >= 0.6 is 0 Å². The number of hydrogen-bond acceptors (Lipinski definition) is 6. The van der Waals surface area contributed by atoms with Crippen LogP contribution in [0.15, 0.2) is 30.5 Å². The molecule has 6 nitrogen and oxygen atoms in total. The number of aromatic hydroxyl groups is 1. The summed E-state index contributed by atoms with van der Waals surface area (Å²) in [6.45, 7) is -0.824. The van der Waals surface area contributed by atoms with Gasteiger partial charge in [0.05, 0.1) is 19.8 Å². The van der Waals surface area contributed by atoms with Crippen LogP contribution in [-0.2, 0) is 24.4 Å². The summed E-state index contributed by atoms with van der Waals surface area (Å²) in [5.74, 6) is -1.48. The minimum Gasteiger partial charge on any atom is -0.505 e. The van der Waals surface area contributed by atoms with Crippen LogP contribution in [0, 0.1) is 5.82 Å². The average Bonchev–Trinajstić information content (AvgIpc) is 2.59. The first kappa shape index (κ1) is 18.0. The summed E-state index contributed by atoms with van der Waals surface area (Å²) in [5, 5.41) is 28.2. The molecule has 1 aromatic carbocycles. The van der Waals surface area contributed by atoms with Crippen molar-refractivity contribution in [3.05, 3.63) is 58.7 Å². The van der Waals surface area contributed by atoms with Crippen molar-refractivity contribution >= 4 is 5.78 Å². The van der Waals surface area contributed by atoms with Gasteiger partial charge in [-0.15, -0.1) is 0 Å². The molecular weight excluding hydrogens is 317 g/mol. The fourth-order valence-corrected chi connectivity index (χ4v) is 2.18. The fourth-order valence-electron chi connectivity index (χ4n) is 2.18. The van der Waals surface area contributed by atoms with Gasteiger partial charge in [-0.3, -0.25) is 4.79 Å². The van der Waals surface area contributed by atoms with Crippen molar-refractivity contribution in [2.24, 2.45) is 0 Å². The number of carbonyl (C=O) groups is 1. The lowest BCUT2D eigenvalue weighted by atomic mass is 10.1. The molecule has 1 heterocycles. The quantitative estimate of drug-likeness (QED) is 0.497. The van der Waals surface area contributed by atoms with E-state index in [2.05, 4.69) is 4.98 Å². The molecule has 0 bridgehead atoms. The van der Waals surface area contributed by atoms with Crippen molar-refractivity contribution in [3.63, 3.8) is 0 Å². The minimum atomic E-state index is -0.779. The molecule has 0 aliphatic carbocycles. The first-order valence-corrected chi connectivity index (χ1v) is 7.33. The van der Waals surface area contributed by atoms with Crippen LogP contribution in [0.3, 0.4) is 0 Å². The highest BCUT2D eigenvalue weighted by Gasteiger charge is 2.18. The molecule has 0 atom stereocenters. The van der Waals surface area contributed by atoms with Gasteiger partial charge in [-0.1, -0.05) is 12.1 Å².